The number of Topliss-reactive ketones (excluding diaryl/α,β-unsaturated/α-hetero) is 1. The van der Waals surface area contributed by atoms with E-state index in [1.54, 1.807) is 26.2 Å². The van der Waals surface area contributed by atoms with Gasteiger partial charge in [-0.15, -0.1) is 0 Å². The summed E-state index contributed by atoms with van der Waals surface area (Å²) in [6, 6.07) is 8.64. The molecule has 0 aliphatic rings. The van der Waals surface area contributed by atoms with Crippen molar-refractivity contribution in [3.05, 3.63) is 63.1 Å². The zero-order chi connectivity index (χ0) is 19.3. The first kappa shape index (κ1) is 19.4. The minimum atomic E-state index is -0.532. The first-order valence-corrected chi connectivity index (χ1v) is 8.50. The molecule has 26 heavy (non-hydrogen) atoms. The van der Waals surface area contributed by atoms with Gasteiger partial charge in [0.05, 0.1) is 31.4 Å². The molecule has 0 amide bonds. The van der Waals surface area contributed by atoms with Crippen molar-refractivity contribution in [2.24, 2.45) is 0 Å². The van der Waals surface area contributed by atoms with Crippen LogP contribution in [-0.2, 0) is 17.7 Å². The number of carbonyl (C=O) groups is 2. The molecule has 2 rings (SSSR count). The maximum Gasteiger partial charge on any atom is 0.339 e. The van der Waals surface area contributed by atoms with Crippen LogP contribution < -0.4 is 10.3 Å². The lowest BCUT2D eigenvalue weighted by Crippen LogP contribution is -2.31. The molecule has 6 heteroatoms. The van der Waals surface area contributed by atoms with Crippen LogP contribution in [0.2, 0.25) is 0 Å². The van der Waals surface area contributed by atoms with Crippen LogP contribution in [0, 0.1) is 0 Å². The highest BCUT2D eigenvalue weighted by Gasteiger charge is 2.21. The quantitative estimate of drug-likeness (QED) is 0.563. The Balaban J connectivity index is 2.62. The van der Waals surface area contributed by atoms with E-state index in [2.05, 4.69) is 0 Å². The van der Waals surface area contributed by atoms with Crippen LogP contribution in [-0.4, -0.2) is 30.0 Å². The van der Waals surface area contributed by atoms with E-state index in [0.29, 0.717) is 17.9 Å². The molecular formula is C20H23NO5. The molecule has 0 radical (unpaired) electrons. The first-order valence-electron chi connectivity index (χ1n) is 8.50. The van der Waals surface area contributed by atoms with Crippen molar-refractivity contribution in [3.63, 3.8) is 0 Å². The van der Waals surface area contributed by atoms with Crippen molar-refractivity contribution in [1.29, 1.82) is 0 Å². The Hall–Kier alpha value is -2.89. The largest absolute Gasteiger partial charge is 0.497 e. The smallest absolute Gasteiger partial charge is 0.339 e. The maximum absolute atomic E-state index is 12.8. The lowest BCUT2D eigenvalue weighted by atomic mass is 10.0. The van der Waals surface area contributed by atoms with E-state index in [-0.39, 0.29) is 30.1 Å². The van der Waals surface area contributed by atoms with Crippen molar-refractivity contribution >= 4 is 11.8 Å². The summed E-state index contributed by atoms with van der Waals surface area (Å²) in [4.78, 5) is 37.1. The zero-order valence-corrected chi connectivity index (χ0v) is 15.5. The minimum absolute atomic E-state index is 0.0150. The molecular weight excluding hydrogens is 334 g/mol. The Morgan fingerprint density at radius 2 is 1.73 bits per heavy atom. The fraction of sp³-hybridized carbons (Fsp3) is 0.350. The third kappa shape index (κ3) is 4.02. The molecule has 0 bridgehead atoms. The molecule has 0 saturated heterocycles. The molecule has 1 heterocycles. The number of pyridine rings is 1. The third-order valence-corrected chi connectivity index (χ3v) is 4.11. The summed E-state index contributed by atoms with van der Waals surface area (Å²) in [6.45, 7) is 5.35. The number of aromatic nitrogens is 1. The molecule has 1 aromatic heterocycles. The van der Waals surface area contributed by atoms with Crippen molar-refractivity contribution in [2.75, 3.05) is 13.7 Å². The molecule has 0 saturated carbocycles. The number of rotatable bonds is 7. The molecule has 0 aliphatic heterocycles. The number of hydrogen-bond acceptors (Lipinski definition) is 5. The number of ketones is 1. The van der Waals surface area contributed by atoms with E-state index in [9.17, 15) is 14.4 Å². The number of methoxy groups -OCH3 is 1. The van der Waals surface area contributed by atoms with Gasteiger partial charge in [0.15, 0.2) is 5.78 Å². The molecule has 2 aromatic rings. The summed E-state index contributed by atoms with van der Waals surface area (Å²) >= 11 is 0. The molecule has 0 N–H and O–H groups in total. The Labute approximate surface area is 152 Å². The van der Waals surface area contributed by atoms with Gasteiger partial charge >= 0.3 is 5.97 Å². The second-order valence-corrected chi connectivity index (χ2v) is 5.79. The third-order valence-electron chi connectivity index (χ3n) is 4.11. The summed E-state index contributed by atoms with van der Waals surface area (Å²) < 4.78 is 11.7. The predicted octanol–water partition coefficient (Wildman–Crippen LogP) is 2.85. The zero-order valence-electron chi connectivity index (χ0n) is 15.5. The monoisotopic (exact) mass is 357 g/mol. The van der Waals surface area contributed by atoms with Crippen LogP contribution in [0.15, 0.2) is 35.1 Å². The molecule has 0 aliphatic carbocycles. The van der Waals surface area contributed by atoms with Gasteiger partial charge in [0, 0.05) is 5.69 Å². The van der Waals surface area contributed by atoms with Gasteiger partial charge in [0.2, 0.25) is 0 Å². The average molecular weight is 357 g/mol. The van der Waals surface area contributed by atoms with Crippen molar-refractivity contribution in [2.45, 2.75) is 33.7 Å². The molecule has 138 valence electrons. The van der Waals surface area contributed by atoms with E-state index < -0.39 is 11.5 Å². The van der Waals surface area contributed by atoms with Gasteiger partial charge in [0.1, 0.15) is 5.75 Å². The highest BCUT2D eigenvalue weighted by Crippen LogP contribution is 2.16. The lowest BCUT2D eigenvalue weighted by molar-refractivity contribution is 0.0523. The van der Waals surface area contributed by atoms with E-state index in [0.717, 1.165) is 5.56 Å². The maximum atomic E-state index is 12.8. The van der Waals surface area contributed by atoms with Crippen molar-refractivity contribution in [1.82, 2.24) is 4.57 Å². The van der Waals surface area contributed by atoms with Crippen molar-refractivity contribution < 1.29 is 19.1 Å². The van der Waals surface area contributed by atoms with Crippen LogP contribution in [0.25, 0.3) is 0 Å². The Morgan fingerprint density at radius 1 is 1.08 bits per heavy atom. The fourth-order valence-corrected chi connectivity index (χ4v) is 2.80. The highest BCUT2D eigenvalue weighted by molar-refractivity contribution is 5.98. The van der Waals surface area contributed by atoms with Gasteiger partial charge in [-0.2, -0.15) is 0 Å². The summed E-state index contributed by atoms with van der Waals surface area (Å²) in [5, 5.41) is 0. The molecule has 0 fully saturated rings. The van der Waals surface area contributed by atoms with E-state index in [1.165, 1.54) is 17.6 Å². The summed E-state index contributed by atoms with van der Waals surface area (Å²) in [5.74, 6) is -0.205. The number of hydrogen-bond donors (Lipinski definition) is 0. The summed E-state index contributed by atoms with van der Waals surface area (Å²) in [7, 11) is 1.58. The minimum Gasteiger partial charge on any atom is -0.497 e. The fourth-order valence-electron chi connectivity index (χ4n) is 2.80. The van der Waals surface area contributed by atoms with E-state index in [1.807, 2.05) is 19.1 Å². The number of benzene rings is 1. The topological polar surface area (TPSA) is 74.6 Å². The summed E-state index contributed by atoms with van der Waals surface area (Å²) in [6.07, 6.45) is 0.456. The predicted molar refractivity (Wildman–Crippen MR) is 98.1 cm³/mol. The number of carbonyl (C=O) groups excluding carboxylic acids is 2. The number of nitrogens with zero attached hydrogens (tertiary/aromatic N) is 1. The Morgan fingerprint density at radius 3 is 2.23 bits per heavy atom. The number of esters is 1. The molecule has 6 nitrogen and oxygen atoms in total. The normalized spacial score (nSPS) is 10.5. The van der Waals surface area contributed by atoms with Gasteiger partial charge in [0.25, 0.3) is 5.56 Å². The Bertz CT molecular complexity index is 865. The van der Waals surface area contributed by atoms with Gasteiger partial charge in [-0.3, -0.25) is 9.59 Å². The van der Waals surface area contributed by atoms with Gasteiger partial charge in [-0.1, -0.05) is 19.1 Å². The first-order chi connectivity index (χ1) is 12.4. The SMILES string of the molecule is CCOC(=O)c1cc(C(C)=O)c(=O)n(Cc2ccc(OC)cc2)c1CC. The van der Waals surface area contributed by atoms with Crippen LogP contribution in [0.4, 0.5) is 0 Å². The molecule has 1 aromatic carbocycles. The second kappa shape index (κ2) is 8.47. The van der Waals surface area contributed by atoms with Gasteiger partial charge in [-0.25, -0.2) is 4.79 Å². The molecule has 0 unspecified atom stereocenters. The van der Waals surface area contributed by atoms with Gasteiger partial charge < -0.3 is 14.0 Å². The van der Waals surface area contributed by atoms with Crippen LogP contribution in [0.1, 0.15) is 52.7 Å². The molecule has 0 spiro atoms. The standard InChI is InChI=1S/C20H23NO5/c1-5-18-17(20(24)26-6-2)11-16(13(3)22)19(23)21(18)12-14-7-9-15(25-4)10-8-14/h7-11H,5-6,12H2,1-4H3. The van der Waals surface area contributed by atoms with E-state index >= 15 is 0 Å². The van der Waals surface area contributed by atoms with Crippen LogP contribution in [0.3, 0.4) is 0 Å². The highest BCUT2D eigenvalue weighted by atomic mass is 16.5. The van der Waals surface area contributed by atoms with Gasteiger partial charge in [-0.05, 0) is 44.0 Å². The molecule has 0 atom stereocenters. The van der Waals surface area contributed by atoms with Crippen molar-refractivity contribution in [3.8, 4) is 5.75 Å². The number of ether oxygens (including phenoxy) is 2. The second-order valence-electron chi connectivity index (χ2n) is 5.79. The Kier molecular flexibility index (Phi) is 6.33. The summed E-state index contributed by atoms with van der Waals surface area (Å²) in [5.41, 5.74) is 1.25. The van der Waals surface area contributed by atoms with Crippen LogP contribution in [0.5, 0.6) is 5.75 Å². The van der Waals surface area contributed by atoms with E-state index in [4.69, 9.17) is 9.47 Å². The average Bonchev–Trinajstić information content (AvgIpc) is 2.63. The lowest BCUT2D eigenvalue weighted by Gasteiger charge is -2.17. The van der Waals surface area contributed by atoms with Crippen LogP contribution >= 0.6 is 0 Å².